The summed E-state index contributed by atoms with van der Waals surface area (Å²) >= 11 is 0. The third kappa shape index (κ3) is 3.60. The van der Waals surface area contributed by atoms with Crippen LogP contribution in [-0.4, -0.2) is 31.4 Å². The first-order valence-electron chi connectivity index (χ1n) is 5.67. The van der Waals surface area contributed by atoms with Crippen molar-refractivity contribution in [1.29, 1.82) is 0 Å². The van der Waals surface area contributed by atoms with Crippen LogP contribution < -0.4 is 4.74 Å². The number of aliphatic hydroxyl groups is 1. The van der Waals surface area contributed by atoms with Crippen molar-refractivity contribution >= 4 is 5.97 Å². The first-order chi connectivity index (χ1) is 8.60. The SMILES string of the molecule is COC(=O)/C=C/[C@@H](c1ccccc1OC)[C@H](C)O. The van der Waals surface area contributed by atoms with Crippen molar-refractivity contribution in [1.82, 2.24) is 0 Å². The first-order valence-corrected chi connectivity index (χ1v) is 5.67. The van der Waals surface area contributed by atoms with Crippen molar-refractivity contribution < 1.29 is 19.4 Å². The third-order valence-electron chi connectivity index (χ3n) is 2.66. The highest BCUT2D eigenvalue weighted by molar-refractivity contribution is 5.82. The van der Waals surface area contributed by atoms with Crippen molar-refractivity contribution in [2.75, 3.05) is 14.2 Å². The molecule has 2 atom stereocenters. The Morgan fingerprint density at radius 2 is 2.00 bits per heavy atom. The Labute approximate surface area is 107 Å². The molecule has 4 heteroatoms. The summed E-state index contributed by atoms with van der Waals surface area (Å²) in [6.45, 7) is 1.67. The van der Waals surface area contributed by atoms with E-state index in [0.29, 0.717) is 5.75 Å². The molecule has 18 heavy (non-hydrogen) atoms. The summed E-state index contributed by atoms with van der Waals surface area (Å²) in [6, 6.07) is 7.39. The molecule has 0 saturated carbocycles. The molecule has 0 aliphatic rings. The lowest BCUT2D eigenvalue weighted by molar-refractivity contribution is -0.134. The van der Waals surface area contributed by atoms with E-state index in [4.69, 9.17) is 4.74 Å². The van der Waals surface area contributed by atoms with Crippen molar-refractivity contribution in [3.63, 3.8) is 0 Å². The van der Waals surface area contributed by atoms with Crippen LogP contribution in [-0.2, 0) is 9.53 Å². The number of carbonyl (C=O) groups is 1. The van der Waals surface area contributed by atoms with Gasteiger partial charge in [0.05, 0.1) is 20.3 Å². The Morgan fingerprint density at radius 1 is 1.33 bits per heavy atom. The monoisotopic (exact) mass is 250 g/mol. The van der Waals surface area contributed by atoms with Gasteiger partial charge in [-0.05, 0) is 13.0 Å². The molecule has 4 nitrogen and oxygen atoms in total. The summed E-state index contributed by atoms with van der Waals surface area (Å²) < 4.78 is 9.78. The Morgan fingerprint density at radius 3 is 2.56 bits per heavy atom. The molecular weight excluding hydrogens is 232 g/mol. The number of esters is 1. The largest absolute Gasteiger partial charge is 0.496 e. The predicted octanol–water partition coefficient (Wildman–Crippen LogP) is 1.89. The first kappa shape index (κ1) is 14.3. The van der Waals surface area contributed by atoms with Gasteiger partial charge in [0, 0.05) is 17.6 Å². The lowest BCUT2D eigenvalue weighted by atomic mass is 9.93. The minimum Gasteiger partial charge on any atom is -0.496 e. The zero-order chi connectivity index (χ0) is 13.5. The zero-order valence-electron chi connectivity index (χ0n) is 10.8. The number of benzene rings is 1. The highest BCUT2D eigenvalue weighted by Gasteiger charge is 2.18. The average Bonchev–Trinajstić information content (AvgIpc) is 2.38. The van der Waals surface area contributed by atoms with Gasteiger partial charge in [-0.15, -0.1) is 0 Å². The van der Waals surface area contributed by atoms with Crippen LogP contribution in [0.25, 0.3) is 0 Å². The lowest BCUT2D eigenvalue weighted by Gasteiger charge is -2.19. The fourth-order valence-corrected chi connectivity index (χ4v) is 1.72. The van der Waals surface area contributed by atoms with Crippen LogP contribution in [0.3, 0.4) is 0 Å². The Hall–Kier alpha value is -1.81. The van der Waals surface area contributed by atoms with Crippen LogP contribution in [0, 0.1) is 0 Å². The molecule has 1 N–H and O–H groups in total. The molecule has 98 valence electrons. The molecule has 0 bridgehead atoms. The van der Waals surface area contributed by atoms with E-state index in [1.54, 1.807) is 20.1 Å². The molecule has 0 aliphatic carbocycles. The predicted molar refractivity (Wildman–Crippen MR) is 68.6 cm³/mol. The molecule has 1 rings (SSSR count). The van der Waals surface area contributed by atoms with E-state index in [-0.39, 0.29) is 5.92 Å². The number of ether oxygens (including phenoxy) is 2. The Kier molecular flexibility index (Phi) is 5.39. The van der Waals surface area contributed by atoms with E-state index in [1.165, 1.54) is 13.2 Å². The van der Waals surface area contributed by atoms with Gasteiger partial charge in [0.25, 0.3) is 0 Å². The van der Waals surface area contributed by atoms with E-state index >= 15 is 0 Å². The average molecular weight is 250 g/mol. The van der Waals surface area contributed by atoms with Gasteiger partial charge in [-0.25, -0.2) is 4.79 Å². The summed E-state index contributed by atoms with van der Waals surface area (Å²) in [4.78, 5) is 11.1. The highest BCUT2D eigenvalue weighted by atomic mass is 16.5. The number of aliphatic hydroxyl groups excluding tert-OH is 1. The second-order valence-electron chi connectivity index (χ2n) is 3.89. The molecule has 0 spiro atoms. The Bertz CT molecular complexity index is 424. The van der Waals surface area contributed by atoms with Crippen LogP contribution in [0.15, 0.2) is 36.4 Å². The van der Waals surface area contributed by atoms with Gasteiger partial charge in [0.15, 0.2) is 0 Å². The maximum Gasteiger partial charge on any atom is 0.330 e. The maximum atomic E-state index is 11.1. The minimum atomic E-state index is -0.637. The van der Waals surface area contributed by atoms with Gasteiger partial charge in [-0.2, -0.15) is 0 Å². The van der Waals surface area contributed by atoms with Gasteiger partial charge in [0.1, 0.15) is 5.75 Å². The molecule has 0 saturated heterocycles. The van der Waals surface area contributed by atoms with Crippen LogP contribution in [0.2, 0.25) is 0 Å². The number of rotatable bonds is 5. The summed E-state index contributed by atoms with van der Waals surface area (Å²) in [5.74, 6) is -0.0892. The van der Waals surface area contributed by atoms with Crippen molar-refractivity contribution in [3.8, 4) is 5.75 Å². The standard InChI is InChI=1S/C14H18O4/c1-10(15)11(8-9-14(16)18-3)12-6-4-5-7-13(12)17-2/h4-11,15H,1-3H3/b9-8+/t10-,11+/m0/s1. The topological polar surface area (TPSA) is 55.8 Å². The highest BCUT2D eigenvalue weighted by Crippen LogP contribution is 2.29. The number of methoxy groups -OCH3 is 2. The van der Waals surface area contributed by atoms with E-state index in [1.807, 2.05) is 24.3 Å². The fraction of sp³-hybridized carbons (Fsp3) is 0.357. The number of hydrogen-bond donors (Lipinski definition) is 1. The second kappa shape index (κ2) is 6.81. The number of carbonyl (C=O) groups excluding carboxylic acids is 1. The second-order valence-corrected chi connectivity index (χ2v) is 3.89. The molecule has 1 aromatic carbocycles. The normalized spacial score (nSPS) is 14.2. The molecule has 0 unspecified atom stereocenters. The summed E-state index contributed by atoms with van der Waals surface area (Å²) in [7, 11) is 2.88. The van der Waals surface area contributed by atoms with Gasteiger partial charge in [-0.3, -0.25) is 0 Å². The van der Waals surface area contributed by atoms with Crippen LogP contribution in [0.5, 0.6) is 5.75 Å². The molecular formula is C14H18O4. The van der Waals surface area contributed by atoms with Crippen molar-refractivity contribution in [3.05, 3.63) is 42.0 Å². The molecule has 0 aliphatic heterocycles. The van der Waals surface area contributed by atoms with Crippen LogP contribution >= 0.6 is 0 Å². The van der Waals surface area contributed by atoms with E-state index in [9.17, 15) is 9.90 Å². The smallest absolute Gasteiger partial charge is 0.330 e. The maximum absolute atomic E-state index is 11.1. The number of hydrogen-bond acceptors (Lipinski definition) is 4. The van der Waals surface area contributed by atoms with Crippen LogP contribution in [0.4, 0.5) is 0 Å². The van der Waals surface area contributed by atoms with E-state index < -0.39 is 12.1 Å². The lowest BCUT2D eigenvalue weighted by Crippen LogP contribution is -2.14. The molecule has 0 fully saturated rings. The van der Waals surface area contributed by atoms with E-state index in [0.717, 1.165) is 5.56 Å². The Balaban J connectivity index is 3.05. The van der Waals surface area contributed by atoms with Crippen LogP contribution in [0.1, 0.15) is 18.4 Å². The van der Waals surface area contributed by atoms with Crippen molar-refractivity contribution in [2.24, 2.45) is 0 Å². The van der Waals surface area contributed by atoms with Gasteiger partial charge in [-0.1, -0.05) is 24.3 Å². The minimum absolute atomic E-state index is 0.319. The van der Waals surface area contributed by atoms with Gasteiger partial charge < -0.3 is 14.6 Å². The molecule has 0 radical (unpaired) electrons. The zero-order valence-corrected chi connectivity index (χ0v) is 10.8. The molecule has 0 amide bonds. The fourth-order valence-electron chi connectivity index (χ4n) is 1.72. The molecule has 0 aromatic heterocycles. The number of para-hydroxylation sites is 1. The molecule has 0 heterocycles. The van der Waals surface area contributed by atoms with E-state index in [2.05, 4.69) is 4.74 Å². The van der Waals surface area contributed by atoms with Crippen molar-refractivity contribution in [2.45, 2.75) is 18.9 Å². The third-order valence-corrected chi connectivity index (χ3v) is 2.66. The summed E-state index contributed by atoms with van der Waals surface area (Å²) in [5.41, 5.74) is 0.829. The molecule has 1 aromatic rings. The van der Waals surface area contributed by atoms with Gasteiger partial charge >= 0.3 is 5.97 Å². The quantitative estimate of drug-likeness (QED) is 0.640. The summed E-state index contributed by atoms with van der Waals surface area (Å²) in [6.07, 6.45) is 2.29. The summed E-state index contributed by atoms with van der Waals surface area (Å²) in [5, 5.41) is 9.81. The van der Waals surface area contributed by atoms with Gasteiger partial charge in [0.2, 0.25) is 0 Å².